The number of nitrogens with one attached hydrogen (secondary N) is 1. The van der Waals surface area contributed by atoms with Gasteiger partial charge in [0.1, 0.15) is 28.5 Å². The summed E-state index contributed by atoms with van der Waals surface area (Å²) < 4.78 is 13.0. The van der Waals surface area contributed by atoms with Crippen LogP contribution in [0.25, 0.3) is 71.8 Å². The monoisotopic (exact) mass is 528 g/mol. The van der Waals surface area contributed by atoms with Crippen LogP contribution in [0.5, 0.6) is 0 Å². The molecule has 1 atom stereocenters. The zero-order valence-corrected chi connectivity index (χ0v) is 22.0. The summed E-state index contributed by atoms with van der Waals surface area (Å²) in [6, 6.07) is 36.1. The van der Waals surface area contributed by atoms with E-state index in [0.717, 1.165) is 66.3 Å². The molecule has 2 aromatic heterocycles. The first-order valence-electron chi connectivity index (χ1n) is 13.9. The molecule has 194 valence electrons. The van der Waals surface area contributed by atoms with Crippen molar-refractivity contribution in [3.05, 3.63) is 139 Å². The van der Waals surface area contributed by atoms with Crippen LogP contribution in [0.1, 0.15) is 5.56 Å². The van der Waals surface area contributed by atoms with Gasteiger partial charge < -0.3 is 19.1 Å². The summed E-state index contributed by atoms with van der Waals surface area (Å²) in [5.74, 6) is 0. The van der Waals surface area contributed by atoms with E-state index in [4.69, 9.17) is 8.83 Å². The van der Waals surface area contributed by atoms with E-state index in [2.05, 4.69) is 120 Å². The van der Waals surface area contributed by atoms with E-state index in [0.29, 0.717) is 0 Å². The minimum atomic E-state index is 0.175. The molecule has 9 rings (SSSR count). The number of hydrogen-bond donors (Lipinski definition) is 1. The molecular weight excluding hydrogens is 504 g/mol. The number of benzene rings is 5. The van der Waals surface area contributed by atoms with Crippen LogP contribution in [0.2, 0.25) is 0 Å². The Hall–Kier alpha value is -5.48. The second kappa shape index (κ2) is 8.51. The molecular formula is C37H24N2O2. The molecule has 4 heterocycles. The zero-order chi connectivity index (χ0) is 26.9. The number of para-hydroxylation sites is 2. The third kappa shape index (κ3) is 3.41. The van der Waals surface area contributed by atoms with Crippen molar-refractivity contribution in [2.75, 3.05) is 0 Å². The maximum Gasteiger partial charge on any atom is 0.147 e. The average Bonchev–Trinajstić information content (AvgIpc) is 3.73. The van der Waals surface area contributed by atoms with E-state index in [9.17, 15) is 0 Å². The SMILES string of the molecule is C1=CC2NC(c3cccc(-c4ccc(-c5c6oc7ccccc7c6cc6c5oc5ccccc56)cc4)c3)=CN2C=C1. The fourth-order valence-electron chi connectivity index (χ4n) is 6.25. The van der Waals surface area contributed by atoms with Crippen molar-refractivity contribution in [1.82, 2.24) is 10.2 Å². The predicted octanol–water partition coefficient (Wildman–Crippen LogP) is 9.43. The smallest absolute Gasteiger partial charge is 0.147 e. The summed E-state index contributed by atoms with van der Waals surface area (Å²) in [7, 11) is 0. The van der Waals surface area contributed by atoms with Gasteiger partial charge >= 0.3 is 0 Å². The molecule has 1 N–H and O–H groups in total. The van der Waals surface area contributed by atoms with Crippen LogP contribution in [0.4, 0.5) is 0 Å². The van der Waals surface area contributed by atoms with Crippen molar-refractivity contribution in [3.8, 4) is 22.3 Å². The summed E-state index contributed by atoms with van der Waals surface area (Å²) in [5.41, 5.74) is 10.1. The predicted molar refractivity (Wildman–Crippen MR) is 167 cm³/mol. The van der Waals surface area contributed by atoms with Gasteiger partial charge in [-0.25, -0.2) is 0 Å². The molecule has 4 heteroatoms. The lowest BCUT2D eigenvalue weighted by Crippen LogP contribution is -2.31. The van der Waals surface area contributed by atoms with Gasteiger partial charge in [0.2, 0.25) is 0 Å². The van der Waals surface area contributed by atoms with Crippen molar-refractivity contribution >= 4 is 49.6 Å². The van der Waals surface area contributed by atoms with Crippen LogP contribution < -0.4 is 5.32 Å². The van der Waals surface area contributed by atoms with E-state index < -0.39 is 0 Å². The van der Waals surface area contributed by atoms with Crippen molar-refractivity contribution in [3.63, 3.8) is 0 Å². The molecule has 41 heavy (non-hydrogen) atoms. The Bertz CT molecular complexity index is 2160. The largest absolute Gasteiger partial charge is 0.455 e. The molecule has 0 saturated heterocycles. The van der Waals surface area contributed by atoms with Gasteiger partial charge in [-0.15, -0.1) is 0 Å². The van der Waals surface area contributed by atoms with E-state index >= 15 is 0 Å². The Kier molecular flexibility index (Phi) is 4.64. The normalized spacial score (nSPS) is 16.1. The highest BCUT2D eigenvalue weighted by molar-refractivity contribution is 6.21. The average molecular weight is 529 g/mol. The van der Waals surface area contributed by atoms with E-state index in [1.165, 1.54) is 11.1 Å². The zero-order valence-electron chi connectivity index (χ0n) is 22.0. The van der Waals surface area contributed by atoms with Crippen molar-refractivity contribution in [2.24, 2.45) is 0 Å². The lowest BCUT2D eigenvalue weighted by Gasteiger charge is -2.20. The quantitative estimate of drug-likeness (QED) is 0.248. The molecule has 0 fully saturated rings. The van der Waals surface area contributed by atoms with Crippen molar-refractivity contribution in [1.29, 1.82) is 0 Å². The maximum absolute atomic E-state index is 6.48. The van der Waals surface area contributed by atoms with Gasteiger partial charge in [-0.05, 0) is 58.7 Å². The molecule has 0 spiro atoms. The highest BCUT2D eigenvalue weighted by Gasteiger charge is 2.23. The van der Waals surface area contributed by atoms with E-state index in [-0.39, 0.29) is 6.17 Å². The Morgan fingerprint density at radius 3 is 1.93 bits per heavy atom. The molecule has 0 radical (unpaired) electrons. The minimum absolute atomic E-state index is 0.175. The van der Waals surface area contributed by atoms with Gasteiger partial charge in [0.25, 0.3) is 0 Å². The third-order valence-electron chi connectivity index (χ3n) is 8.26. The number of nitrogens with zero attached hydrogens (tertiary/aromatic N) is 1. The number of furan rings is 2. The van der Waals surface area contributed by atoms with Crippen LogP contribution in [-0.2, 0) is 0 Å². The molecule has 0 bridgehead atoms. The lowest BCUT2D eigenvalue weighted by molar-refractivity contribution is 0.427. The molecule has 4 nitrogen and oxygen atoms in total. The second-order valence-electron chi connectivity index (χ2n) is 10.7. The van der Waals surface area contributed by atoms with E-state index in [1.807, 2.05) is 24.3 Å². The van der Waals surface area contributed by atoms with Crippen LogP contribution in [0.15, 0.2) is 143 Å². The fourth-order valence-corrected chi connectivity index (χ4v) is 6.25. The van der Waals surface area contributed by atoms with Gasteiger partial charge in [0.05, 0.1) is 11.3 Å². The topological polar surface area (TPSA) is 41.6 Å². The van der Waals surface area contributed by atoms with Gasteiger partial charge in [-0.2, -0.15) is 0 Å². The summed E-state index contributed by atoms with van der Waals surface area (Å²) >= 11 is 0. The number of rotatable bonds is 3. The summed E-state index contributed by atoms with van der Waals surface area (Å²) in [4.78, 5) is 2.19. The lowest BCUT2D eigenvalue weighted by atomic mass is 9.96. The van der Waals surface area contributed by atoms with Crippen LogP contribution in [0, 0.1) is 0 Å². The molecule has 2 aliphatic heterocycles. The molecule has 2 aliphatic rings. The molecule has 7 aromatic rings. The summed E-state index contributed by atoms with van der Waals surface area (Å²) in [6.45, 7) is 0. The van der Waals surface area contributed by atoms with Crippen molar-refractivity contribution < 1.29 is 8.83 Å². The summed E-state index contributed by atoms with van der Waals surface area (Å²) in [6.07, 6.45) is 10.7. The standard InChI is InChI=1S/C37H24N2O2/c1-3-12-32-27(10-1)29-21-30-28-11-2-4-13-33(28)41-37(30)35(36(29)40-32)24-17-15-23(16-18-24)25-8-7-9-26(20-25)31-22-39-19-6-5-14-34(39)38-31/h1-22,34,38H. The van der Waals surface area contributed by atoms with Gasteiger partial charge in [-0.3, -0.25) is 0 Å². The van der Waals surface area contributed by atoms with Gasteiger partial charge in [0.15, 0.2) is 0 Å². The van der Waals surface area contributed by atoms with E-state index in [1.54, 1.807) is 0 Å². The third-order valence-corrected chi connectivity index (χ3v) is 8.26. The second-order valence-corrected chi connectivity index (χ2v) is 10.7. The highest BCUT2D eigenvalue weighted by atomic mass is 16.3. The molecule has 1 unspecified atom stereocenters. The first kappa shape index (κ1) is 22.3. The van der Waals surface area contributed by atoms with Crippen LogP contribution in [-0.4, -0.2) is 11.1 Å². The first-order chi connectivity index (χ1) is 20.3. The first-order valence-corrected chi connectivity index (χ1v) is 13.9. The van der Waals surface area contributed by atoms with Gasteiger partial charge in [-0.1, -0.05) is 84.9 Å². The molecule has 0 amide bonds. The minimum Gasteiger partial charge on any atom is -0.455 e. The van der Waals surface area contributed by atoms with Gasteiger partial charge in [0, 0.05) is 33.9 Å². The number of fused-ring (bicyclic) bond motifs is 7. The van der Waals surface area contributed by atoms with Crippen LogP contribution in [0.3, 0.4) is 0 Å². The Labute approximate surface area is 236 Å². The highest BCUT2D eigenvalue weighted by Crippen LogP contribution is 2.44. The molecule has 5 aromatic carbocycles. The van der Waals surface area contributed by atoms with Crippen LogP contribution >= 0.6 is 0 Å². The molecule has 0 aliphatic carbocycles. The number of hydrogen-bond acceptors (Lipinski definition) is 4. The summed E-state index contributed by atoms with van der Waals surface area (Å²) in [5, 5.41) is 8.03. The Morgan fingerprint density at radius 2 is 1.22 bits per heavy atom. The molecule has 0 saturated carbocycles. The maximum atomic E-state index is 6.48. The van der Waals surface area contributed by atoms with Crippen molar-refractivity contribution in [2.45, 2.75) is 6.17 Å². The fraction of sp³-hybridized carbons (Fsp3) is 0.0270. The Morgan fingerprint density at radius 1 is 0.561 bits per heavy atom. The Balaban J connectivity index is 1.18. The number of allylic oxidation sites excluding steroid dienone is 2.